The largest absolute Gasteiger partial charge is 0.493 e. The molecular formula is C38H24N4O10. The minimum Gasteiger partial charge on any atom is -0.493 e. The molecule has 256 valence electrons. The first-order chi connectivity index (χ1) is 24.8. The van der Waals surface area contributed by atoms with Gasteiger partial charge < -0.3 is 20.4 Å². The number of nitro groups is 2. The van der Waals surface area contributed by atoms with Crippen LogP contribution in [0, 0.1) is 34.1 Å². The van der Waals surface area contributed by atoms with Gasteiger partial charge in [0.2, 0.25) is 11.8 Å². The van der Waals surface area contributed by atoms with E-state index in [0.717, 1.165) is 0 Å². The molecule has 14 heteroatoms. The Labute approximate surface area is 291 Å². The Morgan fingerprint density at radius 3 is 1.15 bits per heavy atom. The Bertz CT molecular complexity index is 2620. The zero-order valence-electron chi connectivity index (χ0n) is 27.1. The van der Waals surface area contributed by atoms with Gasteiger partial charge in [-0.3, -0.25) is 20.2 Å². The number of carboxylic acids is 2. The van der Waals surface area contributed by atoms with E-state index in [-0.39, 0.29) is 55.8 Å². The second kappa shape index (κ2) is 12.1. The maximum absolute atomic E-state index is 12.3. The molecule has 0 spiro atoms. The average Bonchev–Trinajstić information content (AvgIpc) is 3.10. The van der Waals surface area contributed by atoms with Crippen molar-refractivity contribution in [1.29, 1.82) is 0 Å². The van der Waals surface area contributed by atoms with Crippen LogP contribution in [0.1, 0.15) is 43.0 Å². The number of aliphatic hydroxyl groups is 2. The number of para-hydroxylation sites is 2. The molecule has 0 aliphatic carbocycles. The van der Waals surface area contributed by atoms with E-state index in [9.17, 15) is 50.2 Å². The van der Waals surface area contributed by atoms with E-state index in [0.29, 0.717) is 43.4 Å². The molecule has 14 nitrogen and oxygen atoms in total. The van der Waals surface area contributed by atoms with Crippen molar-refractivity contribution >= 4 is 89.6 Å². The fraction of sp³-hybridized carbons (Fsp3) is 0.0526. The van der Waals surface area contributed by atoms with Crippen LogP contribution in [0.5, 0.6) is 0 Å². The molecule has 0 radical (unpaired) electrons. The summed E-state index contributed by atoms with van der Waals surface area (Å²) in [5, 5.41) is 69.9. The van der Waals surface area contributed by atoms with E-state index in [1.165, 1.54) is 48.5 Å². The number of carbonyl (C=O) groups is 2. The van der Waals surface area contributed by atoms with E-state index < -0.39 is 33.6 Å². The van der Waals surface area contributed by atoms with E-state index in [2.05, 4.69) is 9.98 Å². The van der Waals surface area contributed by atoms with Crippen LogP contribution in [0.3, 0.4) is 0 Å². The smallest absolute Gasteiger partial charge is 0.336 e. The SMILES string of the molecule is Cc1cccc([N+](=O)[O-])c1N=C(O)c1ccc2c3ccc(C(=O)O)c4c(C(=O)O)ccc(c5ccc(C(O)=Nc6c(C)cccc6[N+](=O)[O-])c1c25)c43. The van der Waals surface area contributed by atoms with Gasteiger partial charge in [0, 0.05) is 34.0 Å². The standard InChI is InChI=1S/C38H24N4O10/c1-17-5-3-7-27(41(49)50)33(17)39-35(43)23-13-9-19-21-11-15-25(37(45)46)32-26(38(47)48)16-12-22(30(21)32)20-10-14-24(31(23)29(19)20)36(44)40-34-18(2)6-4-8-28(34)42(51)52/h3-16H,1-2H3,(H,39,43)(H,40,44)(H,45,46)(H,47,48). The summed E-state index contributed by atoms with van der Waals surface area (Å²) >= 11 is 0. The molecule has 7 aromatic rings. The zero-order chi connectivity index (χ0) is 37.2. The molecule has 0 bridgehead atoms. The van der Waals surface area contributed by atoms with Crippen molar-refractivity contribution in [3.05, 3.63) is 139 Å². The Morgan fingerprint density at radius 1 is 0.500 bits per heavy atom. The highest BCUT2D eigenvalue weighted by molar-refractivity contribution is 6.38. The topological polar surface area (TPSA) is 226 Å². The summed E-state index contributed by atoms with van der Waals surface area (Å²) in [6, 6.07) is 20.4. The van der Waals surface area contributed by atoms with Crippen molar-refractivity contribution in [3.8, 4) is 0 Å². The number of hydrogen-bond donors (Lipinski definition) is 4. The Kier molecular flexibility index (Phi) is 7.71. The molecule has 4 N–H and O–H groups in total. The van der Waals surface area contributed by atoms with Crippen molar-refractivity contribution in [2.45, 2.75) is 13.8 Å². The van der Waals surface area contributed by atoms with Gasteiger partial charge in [0.05, 0.1) is 21.0 Å². The number of carboxylic acid groups (broad SMARTS) is 2. The van der Waals surface area contributed by atoms with Crippen molar-refractivity contribution in [2.75, 3.05) is 0 Å². The van der Waals surface area contributed by atoms with Crippen molar-refractivity contribution in [3.63, 3.8) is 0 Å². The van der Waals surface area contributed by atoms with Crippen LogP contribution in [0.15, 0.2) is 94.9 Å². The summed E-state index contributed by atoms with van der Waals surface area (Å²) in [4.78, 5) is 55.7. The monoisotopic (exact) mass is 696 g/mol. The summed E-state index contributed by atoms with van der Waals surface area (Å²) in [7, 11) is 0. The molecular weight excluding hydrogens is 672 g/mol. The summed E-state index contributed by atoms with van der Waals surface area (Å²) in [6.45, 7) is 3.17. The molecule has 7 rings (SSSR count). The highest BCUT2D eigenvalue weighted by Crippen LogP contribution is 2.45. The first-order valence-electron chi connectivity index (χ1n) is 15.5. The summed E-state index contributed by atoms with van der Waals surface area (Å²) in [5.74, 6) is -3.97. The molecule has 0 atom stereocenters. The highest BCUT2D eigenvalue weighted by Gasteiger charge is 2.26. The highest BCUT2D eigenvalue weighted by atomic mass is 16.6. The molecule has 0 aliphatic heterocycles. The van der Waals surface area contributed by atoms with Crippen molar-refractivity contribution in [1.82, 2.24) is 0 Å². The van der Waals surface area contributed by atoms with Gasteiger partial charge in [-0.1, -0.05) is 48.5 Å². The van der Waals surface area contributed by atoms with Gasteiger partial charge in [-0.2, -0.15) is 0 Å². The summed E-state index contributed by atoms with van der Waals surface area (Å²) in [6.07, 6.45) is 0. The quantitative estimate of drug-likeness (QED) is 0.0295. The zero-order valence-corrected chi connectivity index (χ0v) is 27.1. The van der Waals surface area contributed by atoms with Crippen LogP contribution < -0.4 is 0 Å². The maximum atomic E-state index is 12.3. The van der Waals surface area contributed by atoms with Crippen LogP contribution in [0.2, 0.25) is 0 Å². The Balaban J connectivity index is 1.65. The minimum atomic E-state index is -1.33. The third-order valence-electron chi connectivity index (χ3n) is 9.11. The van der Waals surface area contributed by atoms with Crippen LogP contribution in [-0.4, -0.2) is 54.0 Å². The van der Waals surface area contributed by atoms with Crippen LogP contribution in [-0.2, 0) is 0 Å². The number of aromatic carboxylic acids is 2. The van der Waals surface area contributed by atoms with Crippen LogP contribution in [0.25, 0.3) is 43.1 Å². The number of aryl methyl sites for hydroxylation is 2. The van der Waals surface area contributed by atoms with E-state index >= 15 is 0 Å². The molecule has 0 unspecified atom stereocenters. The Hall–Kier alpha value is -7.48. The predicted octanol–water partition coefficient (Wildman–Crippen LogP) is 8.84. The number of nitrogens with zero attached hydrogens (tertiary/aromatic N) is 4. The van der Waals surface area contributed by atoms with E-state index in [1.807, 2.05) is 0 Å². The van der Waals surface area contributed by atoms with E-state index in [1.54, 1.807) is 50.2 Å². The molecule has 0 saturated carbocycles. The molecule has 52 heavy (non-hydrogen) atoms. The molecule has 0 heterocycles. The van der Waals surface area contributed by atoms with Gasteiger partial charge in [0.1, 0.15) is 11.4 Å². The third-order valence-corrected chi connectivity index (χ3v) is 9.11. The van der Waals surface area contributed by atoms with Crippen molar-refractivity contribution in [2.24, 2.45) is 9.98 Å². The lowest BCUT2D eigenvalue weighted by atomic mass is 9.84. The third kappa shape index (κ3) is 5.05. The van der Waals surface area contributed by atoms with Crippen LogP contribution >= 0.6 is 0 Å². The van der Waals surface area contributed by atoms with Gasteiger partial charge in [0.15, 0.2) is 0 Å². The van der Waals surface area contributed by atoms with Gasteiger partial charge >= 0.3 is 11.9 Å². The minimum absolute atomic E-state index is 0.00879. The van der Waals surface area contributed by atoms with Gasteiger partial charge in [-0.05, 0) is 81.6 Å². The number of benzene rings is 7. The lowest BCUT2D eigenvalue weighted by Crippen LogP contribution is -2.08. The first kappa shape index (κ1) is 33.0. The predicted molar refractivity (Wildman–Crippen MR) is 195 cm³/mol. The number of aliphatic hydroxyl groups excluding tert-OH is 2. The molecule has 0 aromatic heterocycles. The fourth-order valence-electron chi connectivity index (χ4n) is 6.82. The molecule has 0 amide bonds. The number of fused-ring (bicyclic) bond motifs is 2. The van der Waals surface area contributed by atoms with Gasteiger partial charge in [-0.25, -0.2) is 19.6 Å². The lowest BCUT2D eigenvalue weighted by Gasteiger charge is -2.19. The second-order valence-electron chi connectivity index (χ2n) is 12.0. The lowest BCUT2D eigenvalue weighted by molar-refractivity contribution is -0.384. The fourth-order valence-corrected chi connectivity index (χ4v) is 6.82. The molecule has 0 saturated heterocycles. The molecule has 0 fully saturated rings. The number of aliphatic imine (C=N–C) groups is 2. The maximum Gasteiger partial charge on any atom is 0.336 e. The average molecular weight is 697 g/mol. The number of hydrogen-bond acceptors (Lipinski definition) is 8. The molecule has 0 aliphatic rings. The van der Waals surface area contributed by atoms with Crippen LogP contribution in [0.4, 0.5) is 22.7 Å². The summed E-state index contributed by atoms with van der Waals surface area (Å²) in [5.41, 5.74) is -0.592. The van der Waals surface area contributed by atoms with E-state index in [4.69, 9.17) is 0 Å². The first-order valence-corrected chi connectivity index (χ1v) is 15.5. The number of nitro benzene ring substituents is 2. The second-order valence-corrected chi connectivity index (χ2v) is 12.0. The van der Waals surface area contributed by atoms with Crippen molar-refractivity contribution < 1.29 is 39.9 Å². The Morgan fingerprint density at radius 2 is 0.827 bits per heavy atom. The van der Waals surface area contributed by atoms with Gasteiger partial charge in [0.25, 0.3) is 11.4 Å². The number of rotatable bonds is 8. The van der Waals surface area contributed by atoms with Gasteiger partial charge in [-0.15, -0.1) is 0 Å². The normalized spacial score (nSPS) is 12.3. The molecule has 7 aromatic carbocycles. The summed E-state index contributed by atoms with van der Waals surface area (Å²) < 4.78 is 0.